The number of amides is 1. The first-order valence-corrected chi connectivity index (χ1v) is 10.9. The Morgan fingerprint density at radius 3 is 2.52 bits per heavy atom. The van der Waals surface area contributed by atoms with Crippen molar-refractivity contribution >= 4 is 11.6 Å². The summed E-state index contributed by atoms with van der Waals surface area (Å²) in [5.74, 6) is -0.842. The Labute approximate surface area is 188 Å². The molecule has 0 fully saturated rings. The number of aromatic nitrogens is 4. The quantitative estimate of drug-likeness (QED) is 0.436. The third kappa shape index (κ3) is 4.79. The van der Waals surface area contributed by atoms with Crippen LogP contribution in [-0.4, -0.2) is 25.5 Å². The minimum Gasteiger partial charge on any atom is -0.321 e. The van der Waals surface area contributed by atoms with Gasteiger partial charge in [0.05, 0.1) is 23.6 Å². The van der Waals surface area contributed by atoms with E-state index in [0.717, 1.165) is 12.8 Å². The molecule has 6 nitrogen and oxygen atoms in total. The minimum atomic E-state index is -4.56. The lowest BCUT2D eigenvalue weighted by atomic mass is 10.1. The van der Waals surface area contributed by atoms with Crippen LogP contribution in [0.5, 0.6) is 0 Å². The Balaban J connectivity index is 1.55. The third-order valence-electron chi connectivity index (χ3n) is 5.99. The summed E-state index contributed by atoms with van der Waals surface area (Å²) >= 11 is 0. The predicted octanol–water partition coefficient (Wildman–Crippen LogP) is 4.81. The van der Waals surface area contributed by atoms with E-state index in [4.69, 9.17) is 0 Å². The van der Waals surface area contributed by atoms with Crippen molar-refractivity contribution < 1.29 is 22.4 Å². The van der Waals surface area contributed by atoms with E-state index >= 15 is 0 Å². The van der Waals surface area contributed by atoms with Crippen molar-refractivity contribution in [2.45, 2.75) is 65.2 Å². The molecule has 4 rings (SSSR count). The van der Waals surface area contributed by atoms with Gasteiger partial charge >= 0.3 is 6.18 Å². The van der Waals surface area contributed by atoms with Crippen molar-refractivity contribution in [3.05, 3.63) is 64.0 Å². The molecule has 3 aromatic rings. The summed E-state index contributed by atoms with van der Waals surface area (Å²) in [6.45, 7) is 3.33. The Kier molecular flexibility index (Phi) is 6.27. The first-order chi connectivity index (χ1) is 15.6. The van der Waals surface area contributed by atoms with E-state index in [9.17, 15) is 22.4 Å². The van der Waals surface area contributed by atoms with E-state index in [-0.39, 0.29) is 24.5 Å². The van der Waals surface area contributed by atoms with E-state index < -0.39 is 17.8 Å². The molecule has 1 aliphatic carbocycles. The van der Waals surface area contributed by atoms with Crippen LogP contribution in [0.1, 0.15) is 53.2 Å². The van der Waals surface area contributed by atoms with Crippen molar-refractivity contribution in [3.8, 4) is 0 Å². The number of nitrogens with one attached hydrogen (secondary N) is 1. The molecule has 0 aliphatic heterocycles. The van der Waals surface area contributed by atoms with Crippen molar-refractivity contribution in [1.29, 1.82) is 0 Å². The molecule has 33 heavy (non-hydrogen) atoms. The van der Waals surface area contributed by atoms with Crippen molar-refractivity contribution in [2.24, 2.45) is 0 Å². The smallest absolute Gasteiger partial charge is 0.321 e. The number of carbonyl (C=O) groups excluding carboxylic acids is 1. The van der Waals surface area contributed by atoms with Crippen molar-refractivity contribution in [3.63, 3.8) is 0 Å². The highest BCUT2D eigenvalue weighted by molar-refractivity contribution is 5.91. The molecule has 0 saturated heterocycles. The van der Waals surface area contributed by atoms with Gasteiger partial charge in [0.15, 0.2) is 5.69 Å². The number of rotatable bonds is 5. The number of fused-ring (bicyclic) bond motifs is 1. The number of carbonyl (C=O) groups is 1. The number of hydrogen-bond acceptors (Lipinski definition) is 3. The second-order valence-electron chi connectivity index (χ2n) is 8.33. The van der Waals surface area contributed by atoms with Crippen LogP contribution in [0.4, 0.5) is 23.2 Å². The maximum Gasteiger partial charge on any atom is 0.435 e. The Bertz CT molecular complexity index is 1180. The average Bonchev–Trinajstić information content (AvgIpc) is 3.09. The van der Waals surface area contributed by atoms with Crippen LogP contribution in [0.2, 0.25) is 0 Å². The van der Waals surface area contributed by atoms with Crippen molar-refractivity contribution in [2.75, 3.05) is 5.32 Å². The summed E-state index contributed by atoms with van der Waals surface area (Å²) in [5, 5.41) is 10.9. The SMILES string of the molecule is Cc1nn(Cc2ccccc2F)c(C)c1NC(=O)Cn1nc(C(F)(F)F)c2c1CCCCC2. The molecule has 0 saturated carbocycles. The second-order valence-corrected chi connectivity index (χ2v) is 8.33. The number of hydrogen-bond donors (Lipinski definition) is 1. The first-order valence-electron chi connectivity index (χ1n) is 10.9. The maximum atomic E-state index is 14.0. The molecule has 2 heterocycles. The Morgan fingerprint density at radius 2 is 1.79 bits per heavy atom. The molecule has 1 N–H and O–H groups in total. The highest BCUT2D eigenvalue weighted by Gasteiger charge is 2.39. The molecule has 0 radical (unpaired) electrons. The summed E-state index contributed by atoms with van der Waals surface area (Å²) in [6, 6.07) is 6.36. The van der Waals surface area contributed by atoms with Crippen LogP contribution in [-0.2, 0) is 36.9 Å². The van der Waals surface area contributed by atoms with Gasteiger partial charge in [-0.1, -0.05) is 24.6 Å². The van der Waals surface area contributed by atoms with Gasteiger partial charge in [-0.25, -0.2) is 4.39 Å². The van der Waals surface area contributed by atoms with E-state index in [1.807, 2.05) is 0 Å². The Hall–Kier alpha value is -3.17. The van der Waals surface area contributed by atoms with Gasteiger partial charge in [0, 0.05) is 16.8 Å². The zero-order valence-electron chi connectivity index (χ0n) is 18.5. The first kappa shape index (κ1) is 23.0. The van der Waals surface area contributed by atoms with Crippen molar-refractivity contribution in [1.82, 2.24) is 19.6 Å². The van der Waals surface area contributed by atoms with Crippen LogP contribution in [0, 0.1) is 19.7 Å². The molecule has 1 aliphatic rings. The van der Waals surface area contributed by atoms with Crippen LogP contribution in [0.15, 0.2) is 24.3 Å². The standard InChI is InChI=1S/C23H25F4N5O/c1-14-21(15(2)31(29-14)12-16-8-6-7-10-18(16)24)28-20(33)13-32-19-11-5-3-4-9-17(19)22(30-32)23(25,26)27/h6-8,10H,3-5,9,11-13H2,1-2H3,(H,28,33). The molecule has 1 aromatic carbocycles. The molecule has 0 spiro atoms. The molecule has 0 unspecified atom stereocenters. The zero-order chi connectivity index (χ0) is 23.8. The number of halogens is 4. The zero-order valence-corrected chi connectivity index (χ0v) is 18.5. The third-order valence-corrected chi connectivity index (χ3v) is 5.99. The van der Waals surface area contributed by atoms with Gasteiger partial charge in [0.1, 0.15) is 12.4 Å². The highest BCUT2D eigenvalue weighted by atomic mass is 19.4. The number of aryl methyl sites for hydroxylation is 1. The van der Waals surface area contributed by atoms with Crippen LogP contribution < -0.4 is 5.32 Å². The van der Waals surface area contributed by atoms with Gasteiger partial charge in [-0.05, 0) is 45.6 Å². The van der Waals surface area contributed by atoms with Gasteiger partial charge in [-0.3, -0.25) is 14.2 Å². The fraction of sp³-hybridized carbons (Fsp3) is 0.435. The maximum absolute atomic E-state index is 14.0. The number of nitrogens with zero attached hydrogens (tertiary/aromatic N) is 4. The van der Waals surface area contributed by atoms with Crippen LogP contribution in [0.3, 0.4) is 0 Å². The molecule has 0 bridgehead atoms. The summed E-state index contributed by atoms with van der Waals surface area (Å²) < 4.78 is 57.3. The van der Waals surface area contributed by atoms with E-state index in [1.54, 1.807) is 36.7 Å². The van der Waals surface area contributed by atoms with E-state index in [0.29, 0.717) is 47.6 Å². The predicted molar refractivity (Wildman–Crippen MR) is 114 cm³/mol. The molecular formula is C23H25F4N5O. The van der Waals surface area contributed by atoms with Gasteiger partial charge < -0.3 is 5.32 Å². The summed E-state index contributed by atoms with van der Waals surface area (Å²) in [4.78, 5) is 12.8. The fourth-order valence-corrected chi connectivity index (χ4v) is 4.34. The van der Waals surface area contributed by atoms with Crippen LogP contribution >= 0.6 is 0 Å². The lowest BCUT2D eigenvalue weighted by Gasteiger charge is -2.10. The normalized spacial score (nSPS) is 14.1. The number of alkyl halides is 3. The highest BCUT2D eigenvalue weighted by Crippen LogP contribution is 2.35. The molecule has 1 amide bonds. The van der Waals surface area contributed by atoms with Gasteiger partial charge in [0.25, 0.3) is 0 Å². The largest absolute Gasteiger partial charge is 0.435 e. The van der Waals surface area contributed by atoms with E-state index in [1.165, 1.54) is 10.7 Å². The molecular weight excluding hydrogens is 438 g/mol. The molecule has 176 valence electrons. The lowest BCUT2D eigenvalue weighted by Crippen LogP contribution is -2.22. The fourth-order valence-electron chi connectivity index (χ4n) is 4.34. The van der Waals surface area contributed by atoms with Gasteiger partial charge in [-0.2, -0.15) is 23.4 Å². The monoisotopic (exact) mass is 463 g/mol. The average molecular weight is 463 g/mol. The molecule has 10 heteroatoms. The number of anilines is 1. The molecule has 0 atom stereocenters. The molecule has 2 aromatic heterocycles. The Morgan fingerprint density at radius 1 is 1.06 bits per heavy atom. The topological polar surface area (TPSA) is 64.7 Å². The lowest BCUT2D eigenvalue weighted by molar-refractivity contribution is -0.142. The van der Waals surface area contributed by atoms with Gasteiger partial charge in [-0.15, -0.1) is 0 Å². The summed E-state index contributed by atoms with van der Waals surface area (Å²) in [5.41, 5.74) is 1.88. The summed E-state index contributed by atoms with van der Waals surface area (Å²) in [7, 11) is 0. The summed E-state index contributed by atoms with van der Waals surface area (Å²) in [6.07, 6.45) is -1.50. The second kappa shape index (κ2) is 8.99. The van der Waals surface area contributed by atoms with E-state index in [2.05, 4.69) is 15.5 Å². The van der Waals surface area contributed by atoms with Gasteiger partial charge in [0.2, 0.25) is 5.91 Å². The minimum absolute atomic E-state index is 0.191. The number of benzene rings is 1. The van der Waals surface area contributed by atoms with Crippen LogP contribution in [0.25, 0.3) is 0 Å².